The maximum atomic E-state index is 13.7. The molecule has 1 atom stereocenters. The van der Waals surface area contributed by atoms with Crippen LogP contribution in [0, 0.1) is 12.7 Å². The Hall–Kier alpha value is -1.09. The zero-order chi connectivity index (χ0) is 13.3. The molecule has 0 amide bonds. The average molecular weight is 285 g/mol. The molecule has 0 aliphatic rings. The highest BCUT2D eigenvalue weighted by atomic mass is 35.5. The molecule has 0 aliphatic carbocycles. The van der Waals surface area contributed by atoms with Crippen LogP contribution in [0.2, 0.25) is 10.0 Å². The molecule has 0 saturated carbocycles. The van der Waals surface area contributed by atoms with E-state index in [1.165, 1.54) is 12.1 Å². The highest BCUT2D eigenvalue weighted by Crippen LogP contribution is 2.28. The number of aryl methyl sites for hydroxylation is 1. The van der Waals surface area contributed by atoms with Crippen molar-refractivity contribution in [3.8, 4) is 0 Å². The van der Waals surface area contributed by atoms with Gasteiger partial charge in [-0.15, -0.1) is 0 Å². The summed E-state index contributed by atoms with van der Waals surface area (Å²) in [6.45, 7) is 1.86. The minimum atomic E-state index is -1.06. The Morgan fingerprint density at radius 3 is 2.44 bits per heavy atom. The second-order valence-electron chi connectivity index (χ2n) is 4.08. The van der Waals surface area contributed by atoms with Gasteiger partial charge in [-0.05, 0) is 36.2 Å². The van der Waals surface area contributed by atoms with Crippen molar-refractivity contribution in [1.82, 2.24) is 0 Å². The van der Waals surface area contributed by atoms with Crippen molar-refractivity contribution in [3.63, 3.8) is 0 Å². The molecule has 4 heteroatoms. The molecule has 0 aromatic heterocycles. The molecule has 1 unspecified atom stereocenters. The summed E-state index contributed by atoms with van der Waals surface area (Å²) in [4.78, 5) is 0. The standard InChI is InChI=1S/C14H11Cl2FO/c1-8-2-3-9(6-12(8)16)14(18)11-5-4-10(15)7-13(11)17/h2-7,14,18H,1H3. The van der Waals surface area contributed by atoms with Crippen LogP contribution in [-0.2, 0) is 0 Å². The number of hydrogen-bond donors (Lipinski definition) is 1. The molecular weight excluding hydrogens is 274 g/mol. The van der Waals surface area contributed by atoms with E-state index >= 15 is 0 Å². The van der Waals surface area contributed by atoms with Crippen molar-refractivity contribution in [1.29, 1.82) is 0 Å². The minimum Gasteiger partial charge on any atom is -0.384 e. The highest BCUT2D eigenvalue weighted by molar-refractivity contribution is 6.31. The van der Waals surface area contributed by atoms with Gasteiger partial charge >= 0.3 is 0 Å². The van der Waals surface area contributed by atoms with Crippen molar-refractivity contribution in [2.75, 3.05) is 0 Å². The molecule has 2 rings (SSSR count). The van der Waals surface area contributed by atoms with Gasteiger partial charge in [0.25, 0.3) is 0 Å². The summed E-state index contributed by atoms with van der Waals surface area (Å²) in [5, 5.41) is 11.0. The summed E-state index contributed by atoms with van der Waals surface area (Å²) < 4.78 is 13.7. The number of aliphatic hydroxyl groups excluding tert-OH is 1. The summed E-state index contributed by atoms with van der Waals surface area (Å²) in [5.41, 5.74) is 1.63. The quantitative estimate of drug-likeness (QED) is 0.860. The molecule has 1 nitrogen and oxygen atoms in total. The fraction of sp³-hybridized carbons (Fsp3) is 0.143. The second-order valence-corrected chi connectivity index (χ2v) is 4.92. The molecule has 0 saturated heterocycles. The number of hydrogen-bond acceptors (Lipinski definition) is 1. The molecule has 0 fully saturated rings. The summed E-state index contributed by atoms with van der Waals surface area (Å²) in [7, 11) is 0. The Balaban J connectivity index is 2.41. The Kier molecular flexibility index (Phi) is 3.91. The number of halogens is 3. The number of aliphatic hydroxyl groups is 1. The van der Waals surface area contributed by atoms with E-state index in [0.717, 1.165) is 5.56 Å². The highest BCUT2D eigenvalue weighted by Gasteiger charge is 2.15. The third-order valence-electron chi connectivity index (χ3n) is 2.77. The molecule has 0 radical (unpaired) electrons. The van der Waals surface area contributed by atoms with Crippen molar-refractivity contribution >= 4 is 23.2 Å². The Bertz CT molecular complexity index is 584. The normalized spacial score (nSPS) is 12.5. The van der Waals surface area contributed by atoms with Crippen LogP contribution in [0.1, 0.15) is 22.8 Å². The summed E-state index contributed by atoms with van der Waals surface area (Å²) in [6, 6.07) is 9.33. The molecule has 2 aromatic carbocycles. The van der Waals surface area contributed by atoms with Crippen molar-refractivity contribution in [3.05, 3.63) is 69.0 Å². The Morgan fingerprint density at radius 1 is 1.11 bits per heavy atom. The minimum absolute atomic E-state index is 0.180. The van der Waals surface area contributed by atoms with Crippen LogP contribution in [0.25, 0.3) is 0 Å². The predicted octanol–water partition coefficient (Wildman–Crippen LogP) is 4.52. The van der Waals surface area contributed by atoms with Crippen LogP contribution in [0.5, 0.6) is 0 Å². The number of rotatable bonds is 2. The average Bonchev–Trinajstić information content (AvgIpc) is 2.32. The third kappa shape index (κ3) is 2.66. The first-order valence-electron chi connectivity index (χ1n) is 5.38. The maximum Gasteiger partial charge on any atom is 0.130 e. The fourth-order valence-corrected chi connectivity index (χ4v) is 2.03. The first-order valence-corrected chi connectivity index (χ1v) is 6.13. The molecule has 2 aromatic rings. The van der Waals surface area contributed by atoms with Gasteiger partial charge in [0.05, 0.1) is 0 Å². The topological polar surface area (TPSA) is 20.2 Å². The van der Waals surface area contributed by atoms with E-state index in [1.54, 1.807) is 24.3 Å². The number of benzene rings is 2. The molecule has 94 valence electrons. The van der Waals surface area contributed by atoms with Gasteiger partial charge < -0.3 is 5.11 Å². The van der Waals surface area contributed by atoms with Crippen LogP contribution >= 0.6 is 23.2 Å². The lowest BCUT2D eigenvalue weighted by atomic mass is 10.00. The largest absolute Gasteiger partial charge is 0.384 e. The van der Waals surface area contributed by atoms with E-state index < -0.39 is 11.9 Å². The van der Waals surface area contributed by atoms with Gasteiger partial charge in [-0.25, -0.2) is 4.39 Å². The molecular formula is C14H11Cl2FO. The molecule has 18 heavy (non-hydrogen) atoms. The third-order valence-corrected chi connectivity index (χ3v) is 3.41. The molecule has 0 aliphatic heterocycles. The van der Waals surface area contributed by atoms with Crippen LogP contribution < -0.4 is 0 Å². The zero-order valence-corrected chi connectivity index (χ0v) is 11.1. The van der Waals surface area contributed by atoms with E-state index in [1.807, 2.05) is 6.92 Å². The lowest BCUT2D eigenvalue weighted by Gasteiger charge is -2.13. The molecule has 0 spiro atoms. The second kappa shape index (κ2) is 5.27. The monoisotopic (exact) mass is 284 g/mol. The van der Waals surface area contributed by atoms with Gasteiger partial charge in [-0.1, -0.05) is 41.4 Å². The maximum absolute atomic E-state index is 13.7. The first-order chi connectivity index (χ1) is 8.49. The van der Waals surface area contributed by atoms with Crippen molar-refractivity contribution in [2.45, 2.75) is 13.0 Å². The fourth-order valence-electron chi connectivity index (χ4n) is 1.68. The van der Waals surface area contributed by atoms with E-state index in [2.05, 4.69) is 0 Å². The van der Waals surface area contributed by atoms with Gasteiger partial charge in [0, 0.05) is 15.6 Å². The Morgan fingerprint density at radius 2 is 1.83 bits per heavy atom. The van der Waals surface area contributed by atoms with Gasteiger partial charge in [0.15, 0.2) is 0 Å². The van der Waals surface area contributed by atoms with Crippen LogP contribution in [-0.4, -0.2) is 5.11 Å². The first kappa shape index (κ1) is 13.3. The summed E-state index contributed by atoms with van der Waals surface area (Å²) >= 11 is 11.7. The van der Waals surface area contributed by atoms with Gasteiger partial charge in [-0.2, -0.15) is 0 Å². The smallest absolute Gasteiger partial charge is 0.130 e. The molecule has 1 N–H and O–H groups in total. The van der Waals surface area contributed by atoms with Crippen LogP contribution in [0.3, 0.4) is 0 Å². The van der Waals surface area contributed by atoms with Gasteiger partial charge in [0.1, 0.15) is 11.9 Å². The summed E-state index contributed by atoms with van der Waals surface area (Å²) in [6.07, 6.45) is -1.06. The van der Waals surface area contributed by atoms with Gasteiger partial charge in [-0.3, -0.25) is 0 Å². The van der Waals surface area contributed by atoms with E-state index in [-0.39, 0.29) is 5.56 Å². The van der Waals surface area contributed by atoms with Crippen molar-refractivity contribution in [2.24, 2.45) is 0 Å². The lowest BCUT2D eigenvalue weighted by Crippen LogP contribution is -2.02. The SMILES string of the molecule is Cc1ccc(C(O)c2ccc(Cl)cc2F)cc1Cl. The molecule has 0 bridgehead atoms. The van der Waals surface area contributed by atoms with Crippen LogP contribution in [0.15, 0.2) is 36.4 Å². The van der Waals surface area contributed by atoms with E-state index in [0.29, 0.717) is 15.6 Å². The zero-order valence-electron chi connectivity index (χ0n) is 9.62. The van der Waals surface area contributed by atoms with E-state index in [9.17, 15) is 9.50 Å². The van der Waals surface area contributed by atoms with Gasteiger partial charge in [0.2, 0.25) is 0 Å². The molecule has 0 heterocycles. The summed E-state index contributed by atoms with van der Waals surface area (Å²) in [5.74, 6) is -0.535. The lowest BCUT2D eigenvalue weighted by molar-refractivity contribution is 0.215. The van der Waals surface area contributed by atoms with Crippen molar-refractivity contribution < 1.29 is 9.50 Å². The Labute approximate surface area is 115 Å². The van der Waals surface area contributed by atoms with E-state index in [4.69, 9.17) is 23.2 Å². The predicted molar refractivity (Wildman–Crippen MR) is 71.7 cm³/mol. The van der Waals surface area contributed by atoms with Crippen LogP contribution in [0.4, 0.5) is 4.39 Å².